The number of hydrogen-bond acceptors (Lipinski definition) is 7. The highest BCUT2D eigenvalue weighted by atomic mass is 35.5. The van der Waals surface area contributed by atoms with Gasteiger partial charge in [-0.25, -0.2) is 4.79 Å². The molecule has 154 valence electrons. The number of carbonyl (C=O) groups is 2. The molecule has 0 bridgehead atoms. The van der Waals surface area contributed by atoms with Gasteiger partial charge in [-0.05, 0) is 25.1 Å². The molecule has 0 unspecified atom stereocenters. The number of benzene rings is 2. The minimum Gasteiger partial charge on any atom is -0.493 e. The van der Waals surface area contributed by atoms with Gasteiger partial charge in [0.05, 0.1) is 25.2 Å². The molecule has 11 heteroatoms. The molecule has 2 rings (SSSR count). The molecule has 1 atom stereocenters. The van der Waals surface area contributed by atoms with Crippen molar-refractivity contribution in [3.05, 3.63) is 56.1 Å². The van der Waals surface area contributed by atoms with Crippen molar-refractivity contribution in [1.29, 1.82) is 0 Å². The topological polar surface area (TPSA) is 117 Å². The number of amides is 1. The van der Waals surface area contributed by atoms with E-state index in [1.54, 1.807) is 0 Å². The monoisotopic (exact) mass is 442 g/mol. The number of carbonyl (C=O) groups excluding carboxylic acids is 2. The molecule has 0 saturated carbocycles. The van der Waals surface area contributed by atoms with Crippen molar-refractivity contribution in [3.8, 4) is 11.5 Å². The Morgan fingerprint density at radius 1 is 1.03 bits per heavy atom. The summed E-state index contributed by atoms with van der Waals surface area (Å²) < 4.78 is 15.1. The summed E-state index contributed by atoms with van der Waals surface area (Å²) in [4.78, 5) is 35.3. The number of esters is 1. The normalized spacial score (nSPS) is 11.3. The van der Waals surface area contributed by atoms with Crippen LogP contribution in [0, 0.1) is 10.1 Å². The Morgan fingerprint density at radius 2 is 1.59 bits per heavy atom. The van der Waals surface area contributed by atoms with Gasteiger partial charge in [0, 0.05) is 21.8 Å². The van der Waals surface area contributed by atoms with E-state index < -0.39 is 34.2 Å². The average molecular weight is 443 g/mol. The summed E-state index contributed by atoms with van der Waals surface area (Å²) in [7, 11) is 2.61. The van der Waals surface area contributed by atoms with Crippen molar-refractivity contribution >= 4 is 46.5 Å². The van der Waals surface area contributed by atoms with Gasteiger partial charge in [0.15, 0.2) is 17.6 Å². The summed E-state index contributed by atoms with van der Waals surface area (Å²) in [5.41, 5.74) is -0.646. The molecule has 29 heavy (non-hydrogen) atoms. The second-order valence-corrected chi connectivity index (χ2v) is 6.55. The summed E-state index contributed by atoms with van der Waals surface area (Å²) >= 11 is 11.7. The van der Waals surface area contributed by atoms with Crippen molar-refractivity contribution in [2.24, 2.45) is 0 Å². The van der Waals surface area contributed by atoms with Crippen LogP contribution in [0.25, 0.3) is 0 Å². The van der Waals surface area contributed by atoms with Gasteiger partial charge < -0.3 is 19.5 Å². The number of nitro benzene ring substituents is 1. The molecule has 0 heterocycles. The molecule has 0 saturated heterocycles. The Bertz CT molecular complexity index is 945. The number of hydrogen-bond donors (Lipinski definition) is 1. The SMILES string of the molecule is COc1cc(C(=O)O[C@@H](C)C(=O)Nc2cc(Cl)cc(Cl)c2)c([N+](=O)[O-])cc1OC. The third-order valence-corrected chi connectivity index (χ3v) is 4.14. The van der Waals surface area contributed by atoms with Crippen LogP contribution in [0.1, 0.15) is 17.3 Å². The van der Waals surface area contributed by atoms with Crippen molar-refractivity contribution in [3.63, 3.8) is 0 Å². The molecule has 2 aromatic carbocycles. The zero-order valence-corrected chi connectivity index (χ0v) is 17.0. The maximum Gasteiger partial charge on any atom is 0.346 e. The van der Waals surface area contributed by atoms with E-state index in [1.807, 2.05) is 0 Å². The molecule has 0 aliphatic carbocycles. The number of nitrogens with one attached hydrogen (secondary N) is 1. The van der Waals surface area contributed by atoms with Crippen molar-refractivity contribution in [2.45, 2.75) is 13.0 Å². The molecule has 0 aromatic heterocycles. The third-order valence-electron chi connectivity index (χ3n) is 3.70. The maximum atomic E-state index is 12.5. The molecule has 1 N–H and O–H groups in total. The van der Waals surface area contributed by atoms with Gasteiger partial charge >= 0.3 is 5.97 Å². The van der Waals surface area contributed by atoms with Gasteiger partial charge in [-0.3, -0.25) is 14.9 Å². The molecule has 0 spiro atoms. The average Bonchev–Trinajstić information content (AvgIpc) is 2.65. The molecule has 0 fully saturated rings. The minimum atomic E-state index is -1.27. The number of nitro groups is 1. The lowest BCUT2D eigenvalue weighted by Crippen LogP contribution is -2.30. The van der Waals surface area contributed by atoms with E-state index >= 15 is 0 Å². The minimum absolute atomic E-state index is 0.0689. The van der Waals surface area contributed by atoms with Gasteiger partial charge in [0.2, 0.25) is 0 Å². The van der Waals surface area contributed by atoms with Gasteiger partial charge in [-0.2, -0.15) is 0 Å². The van der Waals surface area contributed by atoms with Crippen LogP contribution in [-0.4, -0.2) is 37.1 Å². The zero-order chi connectivity index (χ0) is 21.7. The molecule has 1 amide bonds. The Labute approximate surface area is 175 Å². The first-order valence-corrected chi connectivity index (χ1v) is 8.80. The fourth-order valence-electron chi connectivity index (χ4n) is 2.33. The number of methoxy groups -OCH3 is 2. The first-order valence-electron chi connectivity index (χ1n) is 8.04. The highest BCUT2D eigenvalue weighted by Gasteiger charge is 2.28. The lowest BCUT2D eigenvalue weighted by molar-refractivity contribution is -0.385. The summed E-state index contributed by atoms with van der Waals surface area (Å²) in [6.07, 6.45) is -1.27. The highest BCUT2D eigenvalue weighted by molar-refractivity contribution is 6.35. The number of rotatable bonds is 7. The molecular weight excluding hydrogens is 427 g/mol. The van der Waals surface area contributed by atoms with Gasteiger partial charge in [-0.15, -0.1) is 0 Å². The summed E-state index contributed by atoms with van der Waals surface area (Å²) in [6.45, 7) is 1.31. The predicted octanol–water partition coefficient (Wildman–Crippen LogP) is 4.10. The van der Waals surface area contributed by atoms with E-state index in [0.717, 1.165) is 12.1 Å². The van der Waals surface area contributed by atoms with Crippen LogP contribution >= 0.6 is 23.2 Å². The number of halogens is 2. The summed E-state index contributed by atoms with van der Waals surface area (Å²) in [5.74, 6) is -1.60. The first kappa shape index (κ1) is 22.3. The Morgan fingerprint density at radius 3 is 2.10 bits per heavy atom. The van der Waals surface area contributed by atoms with Crippen LogP contribution in [-0.2, 0) is 9.53 Å². The Balaban J connectivity index is 2.22. The molecule has 2 aromatic rings. The van der Waals surface area contributed by atoms with Crippen LogP contribution in [0.2, 0.25) is 10.0 Å². The van der Waals surface area contributed by atoms with Crippen LogP contribution in [0.15, 0.2) is 30.3 Å². The maximum absolute atomic E-state index is 12.5. The fraction of sp³-hybridized carbons (Fsp3) is 0.222. The first-order chi connectivity index (χ1) is 13.7. The third kappa shape index (κ3) is 5.49. The van der Waals surface area contributed by atoms with E-state index in [1.165, 1.54) is 39.3 Å². The number of ether oxygens (including phenoxy) is 3. The molecule has 0 aliphatic rings. The van der Waals surface area contributed by atoms with E-state index in [0.29, 0.717) is 15.7 Å². The van der Waals surface area contributed by atoms with Crippen LogP contribution in [0.3, 0.4) is 0 Å². The van der Waals surface area contributed by atoms with E-state index in [2.05, 4.69) is 5.32 Å². The standard InChI is InChI=1S/C18H16Cl2N2O7/c1-9(17(23)21-12-5-10(19)4-11(20)6-12)29-18(24)13-7-15(27-2)16(28-3)8-14(13)22(25)26/h4-9H,1-3H3,(H,21,23)/t9-/m0/s1. The van der Waals surface area contributed by atoms with Gasteiger partial charge in [-0.1, -0.05) is 23.2 Å². The van der Waals surface area contributed by atoms with Crippen molar-refractivity contribution < 1.29 is 28.7 Å². The lowest BCUT2D eigenvalue weighted by atomic mass is 10.1. The quantitative estimate of drug-likeness (QED) is 0.389. The van der Waals surface area contributed by atoms with E-state index in [4.69, 9.17) is 37.4 Å². The molecule has 9 nitrogen and oxygen atoms in total. The predicted molar refractivity (Wildman–Crippen MR) is 106 cm³/mol. The van der Waals surface area contributed by atoms with Crippen LogP contribution < -0.4 is 14.8 Å². The summed E-state index contributed by atoms with van der Waals surface area (Å²) in [6, 6.07) is 6.55. The second-order valence-electron chi connectivity index (χ2n) is 5.68. The Kier molecular flexibility index (Phi) is 7.24. The highest BCUT2D eigenvalue weighted by Crippen LogP contribution is 2.35. The van der Waals surface area contributed by atoms with E-state index in [-0.39, 0.29) is 11.5 Å². The fourth-order valence-corrected chi connectivity index (χ4v) is 2.86. The van der Waals surface area contributed by atoms with Crippen LogP contribution in [0.4, 0.5) is 11.4 Å². The largest absolute Gasteiger partial charge is 0.493 e. The van der Waals surface area contributed by atoms with Gasteiger partial charge in [0.25, 0.3) is 11.6 Å². The van der Waals surface area contributed by atoms with Crippen molar-refractivity contribution in [2.75, 3.05) is 19.5 Å². The zero-order valence-electron chi connectivity index (χ0n) is 15.5. The number of anilines is 1. The smallest absolute Gasteiger partial charge is 0.346 e. The molecule has 0 radical (unpaired) electrons. The van der Waals surface area contributed by atoms with Crippen molar-refractivity contribution in [1.82, 2.24) is 0 Å². The molecular formula is C18H16Cl2N2O7. The van der Waals surface area contributed by atoms with Gasteiger partial charge in [0.1, 0.15) is 5.56 Å². The lowest BCUT2D eigenvalue weighted by Gasteiger charge is -2.15. The number of nitrogens with zero attached hydrogens (tertiary/aromatic N) is 1. The Hall–Kier alpha value is -3.04. The van der Waals surface area contributed by atoms with E-state index in [9.17, 15) is 19.7 Å². The van der Waals surface area contributed by atoms with Crippen LogP contribution in [0.5, 0.6) is 11.5 Å². The molecule has 0 aliphatic heterocycles. The second kappa shape index (κ2) is 9.44. The summed E-state index contributed by atoms with van der Waals surface area (Å²) in [5, 5.41) is 14.4.